The highest BCUT2D eigenvalue weighted by Crippen LogP contribution is 2.25. The lowest BCUT2D eigenvalue weighted by Crippen LogP contribution is -2.12. The molecule has 2 aromatic rings. The molecular weight excluding hydrogens is 243 g/mol. The smallest absolute Gasteiger partial charge is 0.227 e. The second kappa shape index (κ2) is 5.29. The Morgan fingerprint density at radius 3 is 2.71 bits per heavy atom. The van der Waals surface area contributed by atoms with Crippen LogP contribution in [0.15, 0.2) is 30.5 Å². The van der Waals surface area contributed by atoms with Crippen molar-refractivity contribution in [2.75, 3.05) is 6.67 Å². The van der Waals surface area contributed by atoms with Crippen molar-refractivity contribution in [2.45, 2.75) is 13.0 Å². The molecule has 2 rings (SSSR count). The summed E-state index contributed by atoms with van der Waals surface area (Å²) in [4.78, 5) is 11.4. The highest BCUT2D eigenvalue weighted by atomic mass is 35.5. The van der Waals surface area contributed by atoms with E-state index in [9.17, 15) is 9.18 Å². The molecule has 2 N–H and O–H groups in total. The van der Waals surface area contributed by atoms with Crippen LogP contribution in [0.2, 0.25) is 0 Å². The summed E-state index contributed by atoms with van der Waals surface area (Å²) in [7, 11) is 0. The molecule has 0 saturated heterocycles. The first kappa shape index (κ1) is 13.7. The molecule has 0 unspecified atom stereocenters. The summed E-state index contributed by atoms with van der Waals surface area (Å²) in [5.74, 6) is -0.103. The number of hydrogen-bond donors (Lipinski definition) is 1. The van der Waals surface area contributed by atoms with Gasteiger partial charge in [0.25, 0.3) is 0 Å². The fourth-order valence-electron chi connectivity index (χ4n) is 1.85. The number of carbonyl (C=O) groups excluding carboxylic acids is 1. The molecule has 1 aromatic carbocycles. The number of benzene rings is 1. The summed E-state index contributed by atoms with van der Waals surface area (Å²) in [6.45, 7) is 0.836. The fourth-order valence-corrected chi connectivity index (χ4v) is 1.85. The summed E-state index contributed by atoms with van der Waals surface area (Å²) in [5, 5.41) is 0.836. The van der Waals surface area contributed by atoms with E-state index in [-0.39, 0.29) is 18.3 Å². The third-order valence-electron chi connectivity index (χ3n) is 2.65. The van der Waals surface area contributed by atoms with Crippen molar-refractivity contribution in [3.8, 4) is 0 Å². The van der Waals surface area contributed by atoms with Gasteiger partial charge in [-0.3, -0.25) is 9.36 Å². The molecule has 0 fully saturated rings. The van der Waals surface area contributed by atoms with E-state index in [2.05, 4.69) is 0 Å². The van der Waals surface area contributed by atoms with Crippen molar-refractivity contribution in [3.63, 3.8) is 0 Å². The third kappa shape index (κ3) is 2.33. The minimum atomic E-state index is -0.675. The lowest BCUT2D eigenvalue weighted by molar-refractivity contribution is 0.0941. The lowest BCUT2D eigenvalue weighted by atomic mass is 10.1. The molecule has 0 aliphatic carbocycles. The fraction of sp³-hybridized carbons (Fsp3) is 0.250. The van der Waals surface area contributed by atoms with Crippen LogP contribution in [0.25, 0.3) is 10.9 Å². The monoisotopic (exact) mass is 256 g/mol. The van der Waals surface area contributed by atoms with Gasteiger partial charge < -0.3 is 5.73 Å². The van der Waals surface area contributed by atoms with E-state index in [1.165, 1.54) is 11.5 Å². The minimum Gasteiger partial charge on any atom is -0.322 e. The molecule has 0 saturated carbocycles. The Hall–Kier alpha value is -1.39. The van der Waals surface area contributed by atoms with Crippen LogP contribution < -0.4 is 5.73 Å². The number of aromatic nitrogens is 1. The van der Waals surface area contributed by atoms with Crippen LogP contribution >= 0.6 is 12.4 Å². The molecule has 1 aromatic heterocycles. The zero-order valence-electron chi connectivity index (χ0n) is 9.39. The maximum Gasteiger partial charge on any atom is 0.227 e. The SMILES string of the molecule is CC(=O)n1cc([C@@H](N)CF)c2ccccc21.Cl. The molecule has 0 aliphatic rings. The number of carbonyl (C=O) groups is 1. The van der Waals surface area contributed by atoms with E-state index in [4.69, 9.17) is 5.73 Å². The van der Waals surface area contributed by atoms with Crippen molar-refractivity contribution >= 4 is 29.2 Å². The van der Waals surface area contributed by atoms with Gasteiger partial charge in [-0.1, -0.05) is 18.2 Å². The normalized spacial score (nSPS) is 12.2. The predicted molar refractivity (Wildman–Crippen MR) is 68.4 cm³/mol. The maximum atomic E-state index is 12.6. The van der Waals surface area contributed by atoms with Crippen molar-refractivity contribution in [2.24, 2.45) is 5.73 Å². The van der Waals surface area contributed by atoms with E-state index in [1.54, 1.807) is 6.20 Å². The summed E-state index contributed by atoms with van der Waals surface area (Å²) < 4.78 is 14.1. The van der Waals surface area contributed by atoms with E-state index in [0.717, 1.165) is 10.9 Å². The van der Waals surface area contributed by atoms with Crippen LogP contribution in [0.4, 0.5) is 4.39 Å². The standard InChI is InChI=1S/C12H13FN2O.ClH/c1-8(16)15-7-10(11(14)6-13)9-4-2-3-5-12(9)15;/h2-5,7,11H,6,14H2,1H3;1H/t11-;/m0./s1. The lowest BCUT2D eigenvalue weighted by Gasteiger charge is -2.03. The first-order valence-electron chi connectivity index (χ1n) is 5.07. The number of para-hydroxylation sites is 1. The predicted octanol–water partition coefficient (Wildman–Crippen LogP) is 2.69. The first-order valence-corrected chi connectivity index (χ1v) is 5.07. The van der Waals surface area contributed by atoms with Gasteiger partial charge in [0.05, 0.1) is 11.6 Å². The number of nitrogens with zero attached hydrogens (tertiary/aromatic N) is 1. The number of halogens is 2. The molecule has 1 heterocycles. The summed E-state index contributed by atoms with van der Waals surface area (Å²) in [6, 6.07) is 6.68. The zero-order valence-corrected chi connectivity index (χ0v) is 10.2. The Morgan fingerprint density at radius 1 is 1.47 bits per heavy atom. The third-order valence-corrected chi connectivity index (χ3v) is 2.65. The topological polar surface area (TPSA) is 48.0 Å². The zero-order chi connectivity index (χ0) is 11.7. The number of hydrogen-bond acceptors (Lipinski definition) is 2. The van der Waals surface area contributed by atoms with E-state index in [1.807, 2.05) is 24.3 Å². The maximum absolute atomic E-state index is 12.6. The van der Waals surface area contributed by atoms with Gasteiger partial charge in [0.1, 0.15) is 6.67 Å². The molecule has 17 heavy (non-hydrogen) atoms. The van der Waals surface area contributed by atoms with Gasteiger partial charge >= 0.3 is 0 Å². The quantitative estimate of drug-likeness (QED) is 0.898. The summed E-state index contributed by atoms with van der Waals surface area (Å²) >= 11 is 0. The van der Waals surface area contributed by atoms with Gasteiger partial charge in [0.2, 0.25) is 5.91 Å². The first-order chi connectivity index (χ1) is 7.65. The van der Waals surface area contributed by atoms with Crippen molar-refractivity contribution in [1.82, 2.24) is 4.57 Å². The number of rotatable bonds is 2. The highest BCUT2D eigenvalue weighted by Gasteiger charge is 2.15. The molecule has 5 heteroatoms. The second-order valence-electron chi connectivity index (χ2n) is 3.75. The van der Waals surface area contributed by atoms with Crippen LogP contribution in [0.5, 0.6) is 0 Å². The average molecular weight is 257 g/mol. The van der Waals surface area contributed by atoms with Gasteiger partial charge in [-0.15, -0.1) is 12.4 Å². The van der Waals surface area contributed by atoms with Crippen molar-refractivity contribution in [3.05, 3.63) is 36.0 Å². The molecular formula is C12H14ClFN2O. The van der Waals surface area contributed by atoms with Crippen molar-refractivity contribution < 1.29 is 9.18 Å². The molecule has 0 radical (unpaired) electrons. The molecule has 0 aliphatic heterocycles. The number of alkyl halides is 1. The minimum absolute atomic E-state index is 0. The van der Waals surface area contributed by atoms with Crippen LogP contribution in [0.3, 0.4) is 0 Å². The average Bonchev–Trinajstić information content (AvgIpc) is 2.67. The summed E-state index contributed by atoms with van der Waals surface area (Å²) in [6.07, 6.45) is 1.62. The Bertz CT molecular complexity index is 538. The Morgan fingerprint density at radius 2 is 2.12 bits per heavy atom. The van der Waals surface area contributed by atoms with Crippen LogP contribution in [0, 0.1) is 0 Å². The second-order valence-corrected chi connectivity index (χ2v) is 3.75. The van der Waals surface area contributed by atoms with Gasteiger partial charge in [0, 0.05) is 18.5 Å². The molecule has 0 amide bonds. The van der Waals surface area contributed by atoms with E-state index in [0.29, 0.717) is 5.56 Å². The van der Waals surface area contributed by atoms with Crippen molar-refractivity contribution in [1.29, 1.82) is 0 Å². The highest BCUT2D eigenvalue weighted by molar-refractivity contribution is 5.93. The summed E-state index contributed by atoms with van der Waals surface area (Å²) in [5.41, 5.74) is 7.12. The van der Waals surface area contributed by atoms with E-state index < -0.39 is 12.7 Å². The van der Waals surface area contributed by atoms with E-state index >= 15 is 0 Å². The van der Waals surface area contributed by atoms with Crippen LogP contribution in [-0.4, -0.2) is 17.1 Å². The van der Waals surface area contributed by atoms with Gasteiger partial charge in [-0.05, 0) is 11.6 Å². The molecule has 92 valence electrons. The number of nitrogens with two attached hydrogens (primary N) is 1. The molecule has 3 nitrogen and oxygen atoms in total. The van der Waals surface area contributed by atoms with Gasteiger partial charge in [-0.25, -0.2) is 4.39 Å². The molecule has 0 spiro atoms. The van der Waals surface area contributed by atoms with Crippen LogP contribution in [0.1, 0.15) is 23.3 Å². The number of fused-ring (bicyclic) bond motifs is 1. The van der Waals surface area contributed by atoms with Gasteiger partial charge in [0.15, 0.2) is 0 Å². The Kier molecular flexibility index (Phi) is 4.26. The molecule has 0 bridgehead atoms. The largest absolute Gasteiger partial charge is 0.322 e. The van der Waals surface area contributed by atoms with Crippen LogP contribution in [-0.2, 0) is 0 Å². The molecule has 1 atom stereocenters. The Labute approximate surface area is 105 Å². The van der Waals surface area contributed by atoms with Gasteiger partial charge in [-0.2, -0.15) is 0 Å². The Balaban J connectivity index is 0.00000144.